The first-order valence-corrected chi connectivity index (χ1v) is 6.11. The highest BCUT2D eigenvalue weighted by molar-refractivity contribution is 6.34. The van der Waals surface area contributed by atoms with Crippen molar-refractivity contribution in [2.45, 2.75) is 19.9 Å². The van der Waals surface area contributed by atoms with E-state index in [1.54, 1.807) is 17.1 Å². The lowest BCUT2D eigenvalue weighted by Crippen LogP contribution is -2.13. The van der Waals surface area contributed by atoms with E-state index in [1.807, 2.05) is 13.8 Å². The van der Waals surface area contributed by atoms with E-state index >= 15 is 0 Å². The summed E-state index contributed by atoms with van der Waals surface area (Å²) in [5.41, 5.74) is 6.42. The van der Waals surface area contributed by atoms with Crippen molar-refractivity contribution in [3.8, 4) is 0 Å². The maximum absolute atomic E-state index is 12.1. The predicted octanol–water partition coefficient (Wildman–Crippen LogP) is 2.35. The van der Waals surface area contributed by atoms with Crippen molar-refractivity contribution in [1.29, 1.82) is 0 Å². The molecule has 100 valence electrons. The first-order valence-electron chi connectivity index (χ1n) is 5.74. The van der Waals surface area contributed by atoms with Gasteiger partial charge in [-0.15, -0.1) is 0 Å². The molecule has 0 aliphatic heterocycles. The molecule has 0 aliphatic carbocycles. The Morgan fingerprint density at radius 2 is 2.21 bits per heavy atom. The summed E-state index contributed by atoms with van der Waals surface area (Å²) in [6.45, 7) is 4.00. The van der Waals surface area contributed by atoms with E-state index in [1.165, 1.54) is 12.3 Å². The number of nitrogens with one attached hydrogen (secondary N) is 1. The fourth-order valence-electron chi connectivity index (χ4n) is 1.51. The molecule has 0 spiro atoms. The van der Waals surface area contributed by atoms with Crippen LogP contribution in [0.2, 0.25) is 5.02 Å². The van der Waals surface area contributed by atoms with Crippen molar-refractivity contribution in [2.75, 3.05) is 11.1 Å². The second kappa shape index (κ2) is 5.27. The highest BCUT2D eigenvalue weighted by atomic mass is 35.5. The maximum Gasteiger partial charge on any atom is 0.257 e. The predicted molar refractivity (Wildman–Crippen MR) is 74.2 cm³/mol. The number of carbonyl (C=O) groups is 1. The number of pyridine rings is 1. The summed E-state index contributed by atoms with van der Waals surface area (Å²) in [7, 11) is 0. The molecule has 0 fully saturated rings. The fraction of sp³-hybridized carbons (Fsp3) is 0.250. The van der Waals surface area contributed by atoms with Crippen molar-refractivity contribution >= 4 is 29.0 Å². The lowest BCUT2D eigenvalue weighted by atomic mass is 10.2. The van der Waals surface area contributed by atoms with E-state index in [2.05, 4.69) is 15.4 Å². The summed E-state index contributed by atoms with van der Waals surface area (Å²) in [5.74, 6) is -0.102. The number of amides is 1. The highest BCUT2D eigenvalue weighted by Crippen LogP contribution is 2.18. The zero-order chi connectivity index (χ0) is 14.0. The van der Waals surface area contributed by atoms with E-state index in [4.69, 9.17) is 17.3 Å². The number of hydrogen-bond acceptors (Lipinski definition) is 4. The molecule has 2 aromatic heterocycles. The van der Waals surface area contributed by atoms with Gasteiger partial charge in [0.25, 0.3) is 5.91 Å². The normalized spacial score (nSPS) is 10.7. The van der Waals surface area contributed by atoms with E-state index < -0.39 is 0 Å². The number of anilines is 2. The number of carbonyl (C=O) groups excluding carboxylic acids is 1. The first kappa shape index (κ1) is 13.4. The van der Waals surface area contributed by atoms with Gasteiger partial charge in [0.1, 0.15) is 5.82 Å². The molecule has 0 unspecified atom stereocenters. The van der Waals surface area contributed by atoms with Gasteiger partial charge in [-0.2, -0.15) is 5.10 Å². The molecule has 0 saturated carbocycles. The van der Waals surface area contributed by atoms with Crippen LogP contribution in [0, 0.1) is 0 Å². The lowest BCUT2D eigenvalue weighted by molar-refractivity contribution is 0.102. The molecule has 2 heterocycles. The number of halogens is 1. The lowest BCUT2D eigenvalue weighted by Gasteiger charge is -2.06. The number of aromatic nitrogens is 3. The van der Waals surface area contributed by atoms with Crippen LogP contribution in [0.4, 0.5) is 11.5 Å². The second-order valence-electron chi connectivity index (χ2n) is 4.35. The molecule has 0 bridgehead atoms. The fourth-order valence-corrected chi connectivity index (χ4v) is 1.70. The second-order valence-corrected chi connectivity index (χ2v) is 4.75. The smallest absolute Gasteiger partial charge is 0.257 e. The van der Waals surface area contributed by atoms with Crippen molar-refractivity contribution < 1.29 is 4.79 Å². The Balaban J connectivity index is 2.18. The van der Waals surface area contributed by atoms with Crippen LogP contribution in [-0.4, -0.2) is 20.7 Å². The Morgan fingerprint density at radius 1 is 1.47 bits per heavy atom. The highest BCUT2D eigenvalue weighted by Gasteiger charge is 2.13. The van der Waals surface area contributed by atoms with Crippen LogP contribution < -0.4 is 11.1 Å². The first-order chi connectivity index (χ1) is 8.97. The van der Waals surface area contributed by atoms with Crippen LogP contribution in [0.5, 0.6) is 0 Å². The molecule has 19 heavy (non-hydrogen) atoms. The molecule has 0 saturated heterocycles. The molecular weight excluding hydrogens is 266 g/mol. The standard InChI is InChI=1S/C12H14ClN5O/c1-7(2)18-6-8(4-16-18)17-12(19)9-3-11(14)15-5-10(9)13/h3-7H,1-2H3,(H2,14,15)(H,17,19). The van der Waals surface area contributed by atoms with Crippen LogP contribution in [0.3, 0.4) is 0 Å². The van der Waals surface area contributed by atoms with Crippen molar-refractivity contribution in [3.05, 3.63) is 35.2 Å². The van der Waals surface area contributed by atoms with Gasteiger partial charge >= 0.3 is 0 Å². The summed E-state index contributed by atoms with van der Waals surface area (Å²) in [6.07, 6.45) is 4.68. The number of nitrogen functional groups attached to an aromatic ring is 1. The summed E-state index contributed by atoms with van der Waals surface area (Å²) in [6, 6.07) is 1.66. The SMILES string of the molecule is CC(C)n1cc(NC(=O)c2cc(N)ncc2Cl)cn1. The number of nitrogens with two attached hydrogens (primary N) is 1. The number of rotatable bonds is 3. The molecule has 7 heteroatoms. The molecule has 6 nitrogen and oxygen atoms in total. The summed E-state index contributed by atoms with van der Waals surface area (Å²) >= 11 is 5.91. The van der Waals surface area contributed by atoms with Gasteiger partial charge in [-0.3, -0.25) is 9.48 Å². The maximum atomic E-state index is 12.1. The molecule has 2 aromatic rings. The summed E-state index contributed by atoms with van der Waals surface area (Å²) in [4.78, 5) is 15.9. The molecule has 0 radical (unpaired) electrons. The Morgan fingerprint density at radius 3 is 2.84 bits per heavy atom. The summed E-state index contributed by atoms with van der Waals surface area (Å²) < 4.78 is 1.75. The summed E-state index contributed by atoms with van der Waals surface area (Å²) in [5, 5.41) is 7.10. The van der Waals surface area contributed by atoms with Crippen LogP contribution in [0.15, 0.2) is 24.7 Å². The molecule has 1 amide bonds. The van der Waals surface area contributed by atoms with Crippen molar-refractivity contribution in [3.63, 3.8) is 0 Å². The third-order valence-electron chi connectivity index (χ3n) is 2.51. The third-order valence-corrected chi connectivity index (χ3v) is 2.81. The molecule has 0 atom stereocenters. The minimum absolute atomic E-state index is 0.228. The molecular formula is C12H14ClN5O. The van der Waals surface area contributed by atoms with Gasteiger partial charge in [0.05, 0.1) is 22.5 Å². The zero-order valence-electron chi connectivity index (χ0n) is 10.6. The van der Waals surface area contributed by atoms with E-state index in [9.17, 15) is 4.79 Å². The van der Waals surface area contributed by atoms with E-state index in [0.29, 0.717) is 5.69 Å². The number of nitrogens with zero attached hydrogens (tertiary/aromatic N) is 3. The Bertz CT molecular complexity index is 608. The zero-order valence-corrected chi connectivity index (χ0v) is 11.3. The minimum atomic E-state index is -0.345. The monoisotopic (exact) mass is 279 g/mol. The topological polar surface area (TPSA) is 85.8 Å². The largest absolute Gasteiger partial charge is 0.384 e. The molecule has 0 aliphatic rings. The van der Waals surface area contributed by atoms with E-state index in [0.717, 1.165) is 0 Å². The van der Waals surface area contributed by atoms with Gasteiger partial charge < -0.3 is 11.1 Å². The van der Waals surface area contributed by atoms with Crippen molar-refractivity contribution in [2.24, 2.45) is 0 Å². The number of hydrogen-bond donors (Lipinski definition) is 2. The Hall–Kier alpha value is -2.08. The van der Waals surface area contributed by atoms with Gasteiger partial charge in [-0.1, -0.05) is 11.6 Å². The van der Waals surface area contributed by atoms with E-state index in [-0.39, 0.29) is 28.4 Å². The van der Waals surface area contributed by atoms with Gasteiger partial charge in [0, 0.05) is 18.4 Å². The van der Waals surface area contributed by atoms with Crippen LogP contribution in [0.25, 0.3) is 0 Å². The van der Waals surface area contributed by atoms with Gasteiger partial charge in [-0.05, 0) is 19.9 Å². The Kier molecular flexibility index (Phi) is 3.71. The van der Waals surface area contributed by atoms with Gasteiger partial charge in [-0.25, -0.2) is 4.98 Å². The quantitative estimate of drug-likeness (QED) is 0.903. The average Bonchev–Trinajstić information content (AvgIpc) is 2.80. The molecule has 3 N–H and O–H groups in total. The van der Waals surface area contributed by atoms with Crippen LogP contribution in [0.1, 0.15) is 30.2 Å². The van der Waals surface area contributed by atoms with Crippen LogP contribution in [-0.2, 0) is 0 Å². The third kappa shape index (κ3) is 3.03. The molecule has 2 rings (SSSR count). The minimum Gasteiger partial charge on any atom is -0.384 e. The van der Waals surface area contributed by atoms with Crippen LogP contribution >= 0.6 is 11.6 Å². The van der Waals surface area contributed by atoms with Gasteiger partial charge in [0.2, 0.25) is 0 Å². The molecule has 0 aromatic carbocycles. The van der Waals surface area contributed by atoms with Crippen molar-refractivity contribution in [1.82, 2.24) is 14.8 Å². The average molecular weight is 280 g/mol. The van der Waals surface area contributed by atoms with Gasteiger partial charge in [0.15, 0.2) is 0 Å². The Labute approximate surface area is 115 Å².